The first-order valence-corrected chi connectivity index (χ1v) is 8.86. The maximum atomic E-state index is 5.36. The molecular weight excluding hydrogens is 340 g/mol. The lowest BCUT2D eigenvalue weighted by Crippen LogP contribution is -2.01. The molecule has 0 unspecified atom stereocenters. The molecule has 4 aromatic rings. The average molecular weight is 358 g/mol. The third kappa shape index (κ3) is 3.21. The molecule has 1 N–H and O–H groups in total. The van der Waals surface area contributed by atoms with Gasteiger partial charge in [-0.3, -0.25) is 5.10 Å². The molecule has 0 aliphatic carbocycles. The van der Waals surface area contributed by atoms with Crippen LogP contribution >= 0.6 is 12.2 Å². The molecule has 26 heavy (non-hydrogen) atoms. The van der Waals surface area contributed by atoms with Gasteiger partial charge in [-0.15, -0.1) is 0 Å². The Morgan fingerprint density at radius 3 is 2.69 bits per heavy atom. The van der Waals surface area contributed by atoms with Crippen LogP contribution in [0, 0.1) is 11.7 Å². The standard InChI is InChI=1S/C21H18N4S/c1-15-7-2-3-9-18(15)14-22-25-20(23-24-21(25)26)13-17-11-6-10-16-8-4-5-12-19(16)17/h2-12,14H,13H2,1H3,(H,24,26)/b22-14-. The van der Waals surface area contributed by atoms with Crippen LogP contribution in [0.15, 0.2) is 71.8 Å². The number of aromatic amines is 1. The van der Waals surface area contributed by atoms with Gasteiger partial charge in [0.15, 0.2) is 5.82 Å². The van der Waals surface area contributed by atoms with Crippen molar-refractivity contribution in [2.24, 2.45) is 5.10 Å². The second-order valence-corrected chi connectivity index (χ2v) is 6.56. The molecule has 4 nitrogen and oxygen atoms in total. The quantitative estimate of drug-likeness (QED) is 0.418. The van der Waals surface area contributed by atoms with E-state index in [2.05, 4.69) is 70.8 Å². The van der Waals surface area contributed by atoms with Crippen molar-refractivity contribution in [3.05, 3.63) is 94.0 Å². The number of hydrogen-bond acceptors (Lipinski definition) is 3. The molecule has 5 heteroatoms. The number of nitrogens with one attached hydrogen (secondary N) is 1. The minimum Gasteiger partial charge on any atom is -0.250 e. The number of H-pyrrole nitrogens is 1. The molecule has 0 amide bonds. The largest absolute Gasteiger partial charge is 0.250 e. The zero-order chi connectivity index (χ0) is 17.9. The molecule has 3 aromatic carbocycles. The van der Waals surface area contributed by atoms with Crippen LogP contribution in [0.1, 0.15) is 22.5 Å². The highest BCUT2D eigenvalue weighted by Gasteiger charge is 2.09. The van der Waals surface area contributed by atoms with E-state index in [-0.39, 0.29) is 0 Å². The Hall–Kier alpha value is -3.05. The number of fused-ring (bicyclic) bond motifs is 1. The number of hydrogen-bond donors (Lipinski definition) is 1. The number of rotatable bonds is 4. The zero-order valence-corrected chi connectivity index (χ0v) is 15.2. The van der Waals surface area contributed by atoms with Crippen LogP contribution in [-0.2, 0) is 6.42 Å². The van der Waals surface area contributed by atoms with Gasteiger partial charge < -0.3 is 0 Å². The maximum absolute atomic E-state index is 5.36. The number of aromatic nitrogens is 3. The average Bonchev–Trinajstić information content (AvgIpc) is 3.01. The van der Waals surface area contributed by atoms with Crippen molar-refractivity contribution in [2.75, 3.05) is 0 Å². The normalized spacial score (nSPS) is 11.4. The minimum atomic E-state index is 0.491. The Morgan fingerprint density at radius 2 is 1.81 bits per heavy atom. The van der Waals surface area contributed by atoms with Gasteiger partial charge in [0.1, 0.15) is 0 Å². The van der Waals surface area contributed by atoms with Gasteiger partial charge in [0.2, 0.25) is 4.77 Å². The van der Waals surface area contributed by atoms with E-state index in [1.807, 2.05) is 24.4 Å². The minimum absolute atomic E-state index is 0.491. The number of benzene rings is 3. The molecule has 0 spiro atoms. The highest BCUT2D eigenvalue weighted by molar-refractivity contribution is 7.71. The molecule has 0 bridgehead atoms. The highest BCUT2D eigenvalue weighted by Crippen LogP contribution is 2.20. The summed E-state index contributed by atoms with van der Waals surface area (Å²) in [4.78, 5) is 0. The second kappa shape index (κ2) is 7.06. The van der Waals surface area contributed by atoms with Gasteiger partial charge in [-0.2, -0.15) is 14.9 Å². The Morgan fingerprint density at radius 1 is 1.04 bits per heavy atom. The van der Waals surface area contributed by atoms with E-state index in [9.17, 15) is 0 Å². The lowest BCUT2D eigenvalue weighted by atomic mass is 10.0. The summed E-state index contributed by atoms with van der Waals surface area (Å²) in [7, 11) is 0. The summed E-state index contributed by atoms with van der Waals surface area (Å²) >= 11 is 5.36. The highest BCUT2D eigenvalue weighted by atomic mass is 32.1. The van der Waals surface area contributed by atoms with Gasteiger partial charge in [0.05, 0.1) is 6.21 Å². The predicted octanol–water partition coefficient (Wildman–Crippen LogP) is 4.88. The van der Waals surface area contributed by atoms with Gasteiger partial charge in [-0.05, 0) is 46.6 Å². The Labute approximate surface area is 156 Å². The number of nitrogens with zero attached hydrogens (tertiary/aromatic N) is 3. The van der Waals surface area contributed by atoms with Gasteiger partial charge in [0.25, 0.3) is 0 Å². The molecule has 1 aromatic heterocycles. The first kappa shape index (κ1) is 16.4. The van der Waals surface area contributed by atoms with E-state index in [0.29, 0.717) is 11.2 Å². The van der Waals surface area contributed by atoms with Crippen LogP contribution in [0.2, 0.25) is 0 Å². The molecule has 1 heterocycles. The Bertz CT molecular complexity index is 1150. The summed E-state index contributed by atoms with van der Waals surface area (Å²) in [5.41, 5.74) is 3.43. The summed E-state index contributed by atoms with van der Waals surface area (Å²) in [6.45, 7) is 2.06. The summed E-state index contributed by atoms with van der Waals surface area (Å²) in [5, 5.41) is 14.2. The molecule has 128 valence electrons. The van der Waals surface area contributed by atoms with E-state index < -0.39 is 0 Å². The fourth-order valence-electron chi connectivity index (χ4n) is 3.03. The van der Waals surface area contributed by atoms with Gasteiger partial charge in [-0.25, -0.2) is 0 Å². The third-order valence-corrected chi connectivity index (χ3v) is 4.71. The first-order chi connectivity index (χ1) is 12.7. The van der Waals surface area contributed by atoms with E-state index in [4.69, 9.17) is 12.2 Å². The lowest BCUT2D eigenvalue weighted by molar-refractivity contribution is 0.793. The molecule has 0 aliphatic heterocycles. The zero-order valence-electron chi connectivity index (χ0n) is 14.4. The van der Waals surface area contributed by atoms with E-state index in [1.165, 1.54) is 21.9 Å². The van der Waals surface area contributed by atoms with Gasteiger partial charge >= 0.3 is 0 Å². The topological polar surface area (TPSA) is 46.0 Å². The van der Waals surface area contributed by atoms with Crippen molar-refractivity contribution < 1.29 is 0 Å². The summed E-state index contributed by atoms with van der Waals surface area (Å²) in [6.07, 6.45) is 2.48. The summed E-state index contributed by atoms with van der Waals surface area (Å²) in [5.74, 6) is 0.788. The van der Waals surface area contributed by atoms with Crippen molar-refractivity contribution in [2.45, 2.75) is 13.3 Å². The second-order valence-electron chi connectivity index (χ2n) is 6.17. The van der Waals surface area contributed by atoms with Crippen molar-refractivity contribution in [3.63, 3.8) is 0 Å². The lowest BCUT2D eigenvalue weighted by Gasteiger charge is -2.06. The van der Waals surface area contributed by atoms with Gasteiger partial charge in [-0.1, -0.05) is 66.7 Å². The fraction of sp³-hybridized carbons (Fsp3) is 0.0952. The third-order valence-electron chi connectivity index (χ3n) is 4.45. The van der Waals surface area contributed by atoms with Crippen LogP contribution in [0.3, 0.4) is 0 Å². The Kier molecular flexibility index (Phi) is 4.46. The molecule has 4 rings (SSSR count). The van der Waals surface area contributed by atoms with Crippen LogP contribution < -0.4 is 0 Å². The first-order valence-electron chi connectivity index (χ1n) is 8.45. The van der Waals surface area contributed by atoms with Crippen LogP contribution in [-0.4, -0.2) is 21.1 Å². The predicted molar refractivity (Wildman–Crippen MR) is 108 cm³/mol. The number of aryl methyl sites for hydroxylation is 1. The fourth-order valence-corrected chi connectivity index (χ4v) is 3.22. The molecular formula is C21H18N4S. The van der Waals surface area contributed by atoms with E-state index in [1.54, 1.807) is 4.68 Å². The molecule has 0 saturated heterocycles. The van der Waals surface area contributed by atoms with Crippen LogP contribution in [0.4, 0.5) is 0 Å². The molecule has 0 radical (unpaired) electrons. The van der Waals surface area contributed by atoms with Gasteiger partial charge in [0, 0.05) is 6.42 Å². The smallest absolute Gasteiger partial charge is 0.216 e. The Balaban J connectivity index is 1.71. The molecule has 0 fully saturated rings. The molecule has 0 aliphatic rings. The SMILES string of the molecule is Cc1ccccc1/C=N\n1c(Cc2cccc3ccccc23)n[nH]c1=S. The van der Waals surface area contributed by atoms with Crippen LogP contribution in [0.25, 0.3) is 10.8 Å². The van der Waals surface area contributed by atoms with E-state index in [0.717, 1.165) is 11.4 Å². The maximum Gasteiger partial charge on any atom is 0.216 e. The molecule has 0 saturated carbocycles. The van der Waals surface area contributed by atoms with Crippen molar-refractivity contribution in [3.8, 4) is 0 Å². The monoisotopic (exact) mass is 358 g/mol. The van der Waals surface area contributed by atoms with Crippen LogP contribution in [0.5, 0.6) is 0 Å². The summed E-state index contributed by atoms with van der Waals surface area (Å²) < 4.78 is 2.19. The van der Waals surface area contributed by atoms with Crippen molar-refractivity contribution in [1.82, 2.24) is 14.9 Å². The van der Waals surface area contributed by atoms with E-state index >= 15 is 0 Å². The van der Waals surface area contributed by atoms with Crippen molar-refractivity contribution >= 4 is 29.2 Å². The summed E-state index contributed by atoms with van der Waals surface area (Å²) in [6, 6.07) is 22.8. The molecule has 0 atom stereocenters. The van der Waals surface area contributed by atoms with Crippen molar-refractivity contribution in [1.29, 1.82) is 0 Å².